The zero-order valence-electron chi connectivity index (χ0n) is 11.3. The van der Waals surface area contributed by atoms with Gasteiger partial charge in [-0.05, 0) is 43.2 Å². The summed E-state index contributed by atoms with van der Waals surface area (Å²) in [5.74, 6) is 1.09. The van der Waals surface area contributed by atoms with Crippen LogP contribution in [-0.2, 0) is 6.42 Å². The first kappa shape index (κ1) is 13.2. The second-order valence-corrected chi connectivity index (χ2v) is 4.40. The SMILES string of the molecule is COc1cc(C)c(C)cc1C(=O)Cc1ncccn1. The quantitative estimate of drug-likeness (QED) is 0.789. The molecule has 0 aliphatic carbocycles. The number of hydrogen-bond donors (Lipinski definition) is 0. The molecule has 0 atom stereocenters. The van der Waals surface area contributed by atoms with Gasteiger partial charge in [-0.25, -0.2) is 9.97 Å². The molecular weight excluding hydrogens is 240 g/mol. The van der Waals surface area contributed by atoms with Crippen molar-refractivity contribution >= 4 is 5.78 Å². The number of rotatable bonds is 4. The number of aromatic nitrogens is 2. The van der Waals surface area contributed by atoms with E-state index in [4.69, 9.17) is 4.74 Å². The van der Waals surface area contributed by atoms with Crippen molar-refractivity contribution in [3.63, 3.8) is 0 Å². The maximum Gasteiger partial charge on any atom is 0.174 e. The summed E-state index contributed by atoms with van der Waals surface area (Å²) in [4.78, 5) is 20.4. The van der Waals surface area contributed by atoms with Crippen LogP contribution in [0.1, 0.15) is 27.3 Å². The molecule has 98 valence electrons. The Morgan fingerprint density at radius 1 is 1.16 bits per heavy atom. The Kier molecular flexibility index (Phi) is 3.90. The smallest absolute Gasteiger partial charge is 0.174 e. The lowest BCUT2D eigenvalue weighted by Gasteiger charge is -2.10. The van der Waals surface area contributed by atoms with Crippen molar-refractivity contribution in [1.29, 1.82) is 0 Å². The van der Waals surface area contributed by atoms with E-state index >= 15 is 0 Å². The molecule has 0 bridgehead atoms. The summed E-state index contributed by atoms with van der Waals surface area (Å²) in [6.45, 7) is 3.97. The third kappa shape index (κ3) is 2.96. The highest BCUT2D eigenvalue weighted by atomic mass is 16.5. The highest BCUT2D eigenvalue weighted by Crippen LogP contribution is 2.24. The van der Waals surface area contributed by atoms with Crippen LogP contribution in [0.4, 0.5) is 0 Å². The van der Waals surface area contributed by atoms with Crippen molar-refractivity contribution < 1.29 is 9.53 Å². The largest absolute Gasteiger partial charge is 0.496 e. The molecule has 1 heterocycles. The number of hydrogen-bond acceptors (Lipinski definition) is 4. The molecule has 0 saturated carbocycles. The Labute approximate surface area is 112 Å². The molecule has 0 aliphatic rings. The van der Waals surface area contributed by atoms with Crippen LogP contribution < -0.4 is 4.74 Å². The molecule has 2 rings (SSSR count). The van der Waals surface area contributed by atoms with Gasteiger partial charge in [0.25, 0.3) is 0 Å². The minimum atomic E-state index is -0.0360. The van der Waals surface area contributed by atoms with E-state index in [1.807, 2.05) is 26.0 Å². The number of ether oxygens (including phenoxy) is 1. The maximum atomic E-state index is 12.3. The van der Waals surface area contributed by atoms with Crippen molar-refractivity contribution in [1.82, 2.24) is 9.97 Å². The molecular formula is C15H16N2O2. The summed E-state index contributed by atoms with van der Waals surface area (Å²) in [7, 11) is 1.57. The zero-order chi connectivity index (χ0) is 13.8. The lowest BCUT2D eigenvalue weighted by molar-refractivity contribution is 0.0988. The molecule has 4 heteroatoms. The van der Waals surface area contributed by atoms with Gasteiger partial charge in [0.05, 0.1) is 19.1 Å². The van der Waals surface area contributed by atoms with Crippen LogP contribution in [0, 0.1) is 13.8 Å². The predicted octanol–water partition coefficient (Wildman–Crippen LogP) is 2.53. The van der Waals surface area contributed by atoms with Gasteiger partial charge in [0.15, 0.2) is 5.78 Å². The molecule has 2 aromatic rings. The summed E-state index contributed by atoms with van der Waals surface area (Å²) >= 11 is 0. The van der Waals surface area contributed by atoms with E-state index in [9.17, 15) is 4.79 Å². The fraction of sp³-hybridized carbons (Fsp3) is 0.267. The topological polar surface area (TPSA) is 52.1 Å². The average molecular weight is 256 g/mol. The fourth-order valence-electron chi connectivity index (χ4n) is 1.84. The Bertz CT molecular complexity index is 595. The highest BCUT2D eigenvalue weighted by molar-refractivity contribution is 5.99. The Hall–Kier alpha value is -2.23. The normalized spacial score (nSPS) is 10.3. The van der Waals surface area contributed by atoms with Crippen LogP contribution in [0.25, 0.3) is 0 Å². The van der Waals surface area contributed by atoms with Gasteiger partial charge in [-0.15, -0.1) is 0 Å². The van der Waals surface area contributed by atoms with Crippen LogP contribution in [0.15, 0.2) is 30.6 Å². The van der Waals surface area contributed by atoms with Crippen molar-refractivity contribution in [2.75, 3.05) is 7.11 Å². The van der Waals surface area contributed by atoms with Gasteiger partial charge in [0.1, 0.15) is 11.6 Å². The summed E-state index contributed by atoms with van der Waals surface area (Å²) in [5, 5.41) is 0. The van der Waals surface area contributed by atoms with Gasteiger partial charge in [0.2, 0.25) is 0 Å². The molecule has 1 aromatic heterocycles. The summed E-state index contributed by atoms with van der Waals surface area (Å²) in [5.41, 5.74) is 2.75. The molecule has 0 N–H and O–H groups in total. The van der Waals surface area contributed by atoms with E-state index in [0.29, 0.717) is 17.1 Å². The zero-order valence-corrected chi connectivity index (χ0v) is 11.3. The van der Waals surface area contributed by atoms with Crippen LogP contribution >= 0.6 is 0 Å². The van der Waals surface area contributed by atoms with Gasteiger partial charge in [0, 0.05) is 12.4 Å². The van der Waals surface area contributed by atoms with Gasteiger partial charge >= 0.3 is 0 Å². The minimum absolute atomic E-state index is 0.0360. The van der Waals surface area contributed by atoms with Crippen molar-refractivity contribution in [2.45, 2.75) is 20.3 Å². The van der Waals surface area contributed by atoms with E-state index in [1.54, 1.807) is 25.6 Å². The average Bonchev–Trinajstić information content (AvgIpc) is 2.42. The first-order valence-electron chi connectivity index (χ1n) is 6.06. The predicted molar refractivity (Wildman–Crippen MR) is 72.5 cm³/mol. The second kappa shape index (κ2) is 5.61. The maximum absolute atomic E-state index is 12.3. The number of benzene rings is 1. The Balaban J connectivity index is 2.31. The molecule has 4 nitrogen and oxygen atoms in total. The number of carbonyl (C=O) groups excluding carboxylic acids is 1. The molecule has 0 fully saturated rings. The molecule has 0 spiro atoms. The van der Waals surface area contributed by atoms with Gasteiger partial charge in [-0.1, -0.05) is 0 Å². The van der Waals surface area contributed by atoms with Crippen molar-refractivity contribution in [3.8, 4) is 5.75 Å². The van der Waals surface area contributed by atoms with Crippen LogP contribution in [0.5, 0.6) is 5.75 Å². The number of carbonyl (C=O) groups is 1. The van der Waals surface area contributed by atoms with E-state index < -0.39 is 0 Å². The third-order valence-corrected chi connectivity index (χ3v) is 3.05. The number of nitrogens with zero attached hydrogens (tertiary/aromatic N) is 2. The minimum Gasteiger partial charge on any atom is -0.496 e. The number of aryl methyl sites for hydroxylation is 2. The molecule has 0 amide bonds. The molecule has 0 aliphatic heterocycles. The van der Waals surface area contributed by atoms with E-state index in [2.05, 4.69) is 9.97 Å². The first-order valence-corrected chi connectivity index (χ1v) is 6.06. The van der Waals surface area contributed by atoms with Crippen molar-refractivity contribution in [3.05, 3.63) is 53.1 Å². The third-order valence-electron chi connectivity index (χ3n) is 3.05. The van der Waals surface area contributed by atoms with Gasteiger partial charge in [-0.2, -0.15) is 0 Å². The second-order valence-electron chi connectivity index (χ2n) is 4.40. The Morgan fingerprint density at radius 3 is 2.42 bits per heavy atom. The fourth-order valence-corrected chi connectivity index (χ4v) is 1.84. The summed E-state index contributed by atoms with van der Waals surface area (Å²) in [6.07, 6.45) is 3.44. The van der Waals surface area contributed by atoms with Gasteiger partial charge in [-0.3, -0.25) is 4.79 Å². The van der Waals surface area contributed by atoms with Crippen LogP contribution in [-0.4, -0.2) is 22.9 Å². The standard InChI is InChI=1S/C15H16N2O2/c1-10-7-12(14(19-3)8-11(10)2)13(18)9-15-16-5-4-6-17-15/h4-8H,9H2,1-3H3. The van der Waals surface area contributed by atoms with Crippen LogP contribution in [0.2, 0.25) is 0 Å². The summed E-state index contributed by atoms with van der Waals surface area (Å²) in [6, 6.07) is 5.47. The number of methoxy groups -OCH3 is 1. The van der Waals surface area contributed by atoms with Crippen LogP contribution in [0.3, 0.4) is 0 Å². The summed E-state index contributed by atoms with van der Waals surface area (Å²) < 4.78 is 5.28. The van der Waals surface area contributed by atoms with E-state index in [0.717, 1.165) is 11.1 Å². The molecule has 0 unspecified atom stereocenters. The van der Waals surface area contributed by atoms with E-state index in [1.165, 1.54) is 0 Å². The molecule has 1 aromatic carbocycles. The van der Waals surface area contributed by atoms with Gasteiger partial charge < -0.3 is 4.74 Å². The lowest BCUT2D eigenvalue weighted by atomic mass is 10.0. The van der Waals surface area contributed by atoms with Crippen molar-refractivity contribution in [2.24, 2.45) is 0 Å². The molecule has 0 radical (unpaired) electrons. The molecule has 0 saturated heterocycles. The van der Waals surface area contributed by atoms with E-state index in [-0.39, 0.29) is 12.2 Å². The lowest BCUT2D eigenvalue weighted by Crippen LogP contribution is -2.09. The molecule has 19 heavy (non-hydrogen) atoms. The highest BCUT2D eigenvalue weighted by Gasteiger charge is 2.15. The Morgan fingerprint density at radius 2 is 1.79 bits per heavy atom. The monoisotopic (exact) mass is 256 g/mol. The first-order chi connectivity index (χ1) is 9.11. The number of Topliss-reactive ketones (excluding diaryl/α,β-unsaturated/α-hetero) is 1. The number of ketones is 1.